The Labute approximate surface area is 159 Å². The number of furan rings is 1. The highest BCUT2D eigenvalue weighted by molar-refractivity contribution is 6.30. The first-order chi connectivity index (χ1) is 13.0. The predicted molar refractivity (Wildman–Crippen MR) is 102 cm³/mol. The number of nitrogens with zero attached hydrogens (tertiary/aromatic N) is 2. The lowest BCUT2D eigenvalue weighted by atomic mass is 10.1. The van der Waals surface area contributed by atoms with Gasteiger partial charge in [0.1, 0.15) is 11.5 Å². The van der Waals surface area contributed by atoms with Crippen LogP contribution in [0, 0.1) is 10.1 Å². The first-order valence-electron chi connectivity index (χ1n) is 7.93. The summed E-state index contributed by atoms with van der Waals surface area (Å²) in [7, 11) is 0. The van der Waals surface area contributed by atoms with Crippen LogP contribution in [-0.2, 0) is 11.2 Å². The van der Waals surface area contributed by atoms with Crippen molar-refractivity contribution >= 4 is 29.4 Å². The van der Waals surface area contributed by atoms with Crippen LogP contribution in [0.3, 0.4) is 0 Å². The van der Waals surface area contributed by atoms with Crippen molar-refractivity contribution in [2.45, 2.75) is 6.42 Å². The van der Waals surface area contributed by atoms with E-state index >= 15 is 0 Å². The Morgan fingerprint density at radius 3 is 2.63 bits per heavy atom. The zero-order valence-corrected chi connectivity index (χ0v) is 14.7. The van der Waals surface area contributed by atoms with Crippen LogP contribution in [0.25, 0.3) is 11.3 Å². The summed E-state index contributed by atoms with van der Waals surface area (Å²) in [6.45, 7) is 0. The second-order valence-corrected chi connectivity index (χ2v) is 6.00. The first kappa shape index (κ1) is 18.3. The molecule has 3 rings (SSSR count). The maximum absolute atomic E-state index is 11.9. The molecule has 0 radical (unpaired) electrons. The second kappa shape index (κ2) is 8.29. The van der Waals surface area contributed by atoms with Crippen molar-refractivity contribution in [2.75, 3.05) is 0 Å². The van der Waals surface area contributed by atoms with Gasteiger partial charge in [0.05, 0.1) is 17.6 Å². The lowest BCUT2D eigenvalue weighted by molar-refractivity contribution is -0.385. The van der Waals surface area contributed by atoms with E-state index in [-0.39, 0.29) is 12.1 Å². The summed E-state index contributed by atoms with van der Waals surface area (Å²) in [5.41, 5.74) is 3.41. The van der Waals surface area contributed by atoms with E-state index < -0.39 is 10.8 Å². The number of carbonyl (C=O) groups excluding carboxylic acids is 1. The highest BCUT2D eigenvalue weighted by Gasteiger charge is 2.15. The van der Waals surface area contributed by atoms with E-state index in [1.807, 2.05) is 12.1 Å². The van der Waals surface area contributed by atoms with Crippen molar-refractivity contribution in [3.63, 3.8) is 0 Å². The summed E-state index contributed by atoms with van der Waals surface area (Å²) in [5.74, 6) is 0.621. The van der Waals surface area contributed by atoms with Gasteiger partial charge >= 0.3 is 0 Å². The zero-order valence-electron chi connectivity index (χ0n) is 14.0. The minimum Gasteiger partial charge on any atom is -0.455 e. The molecule has 0 aliphatic heterocycles. The molecule has 27 heavy (non-hydrogen) atoms. The number of rotatable bonds is 6. The largest absolute Gasteiger partial charge is 0.455 e. The Morgan fingerprint density at radius 1 is 1.15 bits per heavy atom. The number of halogens is 1. The number of hydrogen-bond donors (Lipinski definition) is 1. The SMILES string of the molecule is O=C(Cc1ccccc1[N+](=O)[O-])NN=Cc1ccc(-c2ccc(Cl)cc2)o1. The van der Waals surface area contributed by atoms with Gasteiger partial charge in [0.2, 0.25) is 5.91 Å². The molecule has 136 valence electrons. The van der Waals surface area contributed by atoms with Gasteiger partial charge < -0.3 is 4.42 Å². The number of nitro groups is 1. The van der Waals surface area contributed by atoms with Gasteiger partial charge in [-0.1, -0.05) is 29.8 Å². The molecule has 0 spiro atoms. The van der Waals surface area contributed by atoms with Gasteiger partial charge in [-0.2, -0.15) is 5.10 Å². The molecule has 0 aliphatic rings. The van der Waals surface area contributed by atoms with Gasteiger partial charge in [0.15, 0.2) is 0 Å². The van der Waals surface area contributed by atoms with Crippen LogP contribution >= 0.6 is 11.6 Å². The van der Waals surface area contributed by atoms with E-state index in [0.29, 0.717) is 22.1 Å². The van der Waals surface area contributed by atoms with Crippen molar-refractivity contribution in [2.24, 2.45) is 5.10 Å². The Kier molecular flexibility index (Phi) is 5.63. The summed E-state index contributed by atoms with van der Waals surface area (Å²) in [4.78, 5) is 22.4. The van der Waals surface area contributed by atoms with Crippen molar-refractivity contribution in [1.82, 2.24) is 5.43 Å². The number of amides is 1. The fourth-order valence-electron chi connectivity index (χ4n) is 2.41. The normalized spacial score (nSPS) is 10.9. The molecule has 1 aromatic heterocycles. The number of nitrogens with one attached hydrogen (secondary N) is 1. The summed E-state index contributed by atoms with van der Waals surface area (Å²) >= 11 is 5.86. The summed E-state index contributed by atoms with van der Waals surface area (Å²) in [6, 6.07) is 16.7. The van der Waals surface area contributed by atoms with E-state index in [1.165, 1.54) is 18.3 Å². The molecule has 1 N–H and O–H groups in total. The monoisotopic (exact) mass is 383 g/mol. The molecule has 0 saturated carbocycles. The standard InChI is InChI=1S/C19H14ClN3O4/c20-15-7-5-13(6-8-15)18-10-9-16(27-18)12-21-22-19(24)11-14-3-1-2-4-17(14)23(25)26/h1-10,12H,11H2,(H,22,24). The van der Waals surface area contributed by atoms with Gasteiger partial charge in [-0.15, -0.1) is 0 Å². The topological polar surface area (TPSA) is 97.7 Å². The molecule has 8 heteroatoms. The third kappa shape index (κ3) is 4.80. The lowest BCUT2D eigenvalue weighted by Crippen LogP contribution is -2.20. The lowest BCUT2D eigenvalue weighted by Gasteiger charge is -2.01. The Morgan fingerprint density at radius 2 is 1.89 bits per heavy atom. The molecule has 3 aromatic rings. The quantitative estimate of drug-likeness (QED) is 0.391. The number of para-hydroxylation sites is 1. The third-order valence-corrected chi connectivity index (χ3v) is 3.93. The van der Waals surface area contributed by atoms with Crippen LogP contribution < -0.4 is 5.43 Å². The van der Waals surface area contributed by atoms with Gasteiger partial charge in [-0.25, -0.2) is 5.43 Å². The molecule has 1 heterocycles. The first-order valence-corrected chi connectivity index (χ1v) is 8.31. The Bertz CT molecular complexity index is 996. The van der Waals surface area contributed by atoms with Crippen molar-refractivity contribution in [1.29, 1.82) is 0 Å². The van der Waals surface area contributed by atoms with Crippen LogP contribution in [0.2, 0.25) is 5.02 Å². The van der Waals surface area contributed by atoms with E-state index in [0.717, 1.165) is 5.56 Å². The number of hydrazone groups is 1. The van der Waals surface area contributed by atoms with E-state index in [9.17, 15) is 14.9 Å². The van der Waals surface area contributed by atoms with Crippen LogP contribution in [0.1, 0.15) is 11.3 Å². The molecule has 0 saturated heterocycles. The highest BCUT2D eigenvalue weighted by atomic mass is 35.5. The molecular weight excluding hydrogens is 370 g/mol. The van der Waals surface area contributed by atoms with Gasteiger partial charge in [0.25, 0.3) is 5.69 Å². The van der Waals surface area contributed by atoms with Crippen molar-refractivity contribution in [3.8, 4) is 11.3 Å². The minimum absolute atomic E-state index is 0.102. The maximum Gasteiger partial charge on any atom is 0.273 e. The second-order valence-electron chi connectivity index (χ2n) is 5.56. The highest BCUT2D eigenvalue weighted by Crippen LogP contribution is 2.23. The molecule has 0 atom stereocenters. The maximum atomic E-state index is 11.9. The van der Waals surface area contributed by atoms with Crippen LogP contribution in [-0.4, -0.2) is 17.0 Å². The molecule has 0 bridgehead atoms. The van der Waals surface area contributed by atoms with Crippen LogP contribution in [0.5, 0.6) is 0 Å². The Hall–Kier alpha value is -3.45. The van der Waals surface area contributed by atoms with Gasteiger partial charge in [0, 0.05) is 22.2 Å². The third-order valence-electron chi connectivity index (χ3n) is 3.68. The van der Waals surface area contributed by atoms with Crippen molar-refractivity contribution in [3.05, 3.63) is 87.1 Å². The molecule has 7 nitrogen and oxygen atoms in total. The fraction of sp³-hybridized carbons (Fsp3) is 0.0526. The van der Waals surface area contributed by atoms with Gasteiger partial charge in [-0.3, -0.25) is 14.9 Å². The summed E-state index contributed by atoms with van der Waals surface area (Å²) < 4.78 is 5.63. The number of hydrogen-bond acceptors (Lipinski definition) is 5. The Balaban J connectivity index is 1.60. The van der Waals surface area contributed by atoms with Gasteiger partial charge in [-0.05, 0) is 36.4 Å². The number of carbonyl (C=O) groups is 1. The molecule has 0 unspecified atom stereocenters. The van der Waals surface area contributed by atoms with E-state index in [1.54, 1.807) is 36.4 Å². The van der Waals surface area contributed by atoms with E-state index in [2.05, 4.69) is 10.5 Å². The van der Waals surface area contributed by atoms with Crippen molar-refractivity contribution < 1.29 is 14.1 Å². The average Bonchev–Trinajstić information content (AvgIpc) is 3.11. The van der Waals surface area contributed by atoms with Crippen LogP contribution in [0.15, 0.2) is 70.2 Å². The molecular formula is C19H14ClN3O4. The zero-order chi connectivity index (χ0) is 19.2. The minimum atomic E-state index is -0.521. The fourth-order valence-corrected chi connectivity index (χ4v) is 2.54. The van der Waals surface area contributed by atoms with Crippen LogP contribution in [0.4, 0.5) is 5.69 Å². The molecule has 2 aromatic carbocycles. The number of nitro benzene ring substituents is 1. The molecule has 0 fully saturated rings. The molecule has 1 amide bonds. The van der Waals surface area contributed by atoms with E-state index in [4.69, 9.17) is 16.0 Å². The summed E-state index contributed by atoms with van der Waals surface area (Å²) in [6.07, 6.45) is 1.21. The summed E-state index contributed by atoms with van der Waals surface area (Å²) in [5, 5.41) is 15.4. The molecule has 0 aliphatic carbocycles. The average molecular weight is 384 g/mol. The smallest absolute Gasteiger partial charge is 0.273 e. The number of benzene rings is 2. The predicted octanol–water partition coefficient (Wildman–Crippen LogP) is 4.20.